The van der Waals surface area contributed by atoms with Crippen molar-refractivity contribution in [2.24, 2.45) is 11.8 Å². The first-order valence-corrected chi connectivity index (χ1v) is 15.3. The number of amides is 3. The smallest absolute Gasteiger partial charge is 0.247 e. The van der Waals surface area contributed by atoms with E-state index in [2.05, 4.69) is 13.2 Å². The number of fused-ring (bicyclic) bond motifs is 1. The number of thioether (sulfide) groups is 1. The van der Waals surface area contributed by atoms with E-state index in [0.717, 1.165) is 37.8 Å². The number of carbonyl (C=O) groups excluding carboxylic acids is 3. The number of likely N-dealkylation sites (tertiary alicyclic amines) is 1. The molecule has 3 aliphatic heterocycles. The van der Waals surface area contributed by atoms with Crippen LogP contribution in [0.1, 0.15) is 51.9 Å². The van der Waals surface area contributed by atoms with E-state index in [1.807, 2.05) is 35.2 Å². The second-order valence-electron chi connectivity index (χ2n) is 11.5. The van der Waals surface area contributed by atoms with Gasteiger partial charge < -0.3 is 19.8 Å². The molecule has 8 heteroatoms. The van der Waals surface area contributed by atoms with Gasteiger partial charge in [0.1, 0.15) is 6.04 Å². The Kier molecular flexibility index (Phi) is 8.24. The van der Waals surface area contributed by atoms with Crippen LogP contribution in [0.25, 0.3) is 0 Å². The average Bonchev–Trinajstić information content (AvgIpc) is 3.62. The molecule has 7 nitrogen and oxygen atoms in total. The molecule has 6 atom stereocenters. The first-order chi connectivity index (χ1) is 18.9. The van der Waals surface area contributed by atoms with Crippen LogP contribution in [0.5, 0.6) is 0 Å². The number of nitrogens with zero attached hydrogens (tertiary/aromatic N) is 3. The molecule has 5 rings (SSSR count). The third-order valence-corrected chi connectivity index (χ3v) is 11.2. The lowest BCUT2D eigenvalue weighted by Crippen LogP contribution is -2.59. The third-order valence-electron chi connectivity index (χ3n) is 9.27. The second kappa shape index (κ2) is 11.5. The van der Waals surface area contributed by atoms with Crippen molar-refractivity contribution in [2.75, 3.05) is 24.6 Å². The predicted molar refractivity (Wildman–Crippen MR) is 155 cm³/mol. The van der Waals surface area contributed by atoms with Gasteiger partial charge in [-0.25, -0.2) is 0 Å². The van der Waals surface area contributed by atoms with Crippen LogP contribution in [0, 0.1) is 11.8 Å². The number of aliphatic hydroxyl groups excluding tert-OH is 1. The monoisotopic (exact) mass is 551 g/mol. The van der Waals surface area contributed by atoms with Crippen molar-refractivity contribution in [2.45, 2.75) is 80.0 Å². The van der Waals surface area contributed by atoms with Gasteiger partial charge in [0.2, 0.25) is 17.7 Å². The molecular weight excluding hydrogens is 510 g/mol. The van der Waals surface area contributed by atoms with Gasteiger partial charge in [-0.15, -0.1) is 24.9 Å². The summed E-state index contributed by atoms with van der Waals surface area (Å²) in [6.45, 7) is 10.1. The maximum atomic E-state index is 14.6. The fourth-order valence-corrected chi connectivity index (χ4v) is 9.75. The number of anilines is 1. The van der Waals surface area contributed by atoms with Gasteiger partial charge in [-0.05, 0) is 44.7 Å². The summed E-state index contributed by atoms with van der Waals surface area (Å²) in [5.74, 6) is -1.42. The standard InChI is InChI=1S/C31H41N3O4S/c1-4-18-32(22-12-8-6-9-13-22)28(36)25-24-16-17-31(39-24)26(25)29(37)34(21(3)20-35)27(31)30(38)33(19-5-2)23-14-10-7-11-15-23/h4-6,8-9,12-13,21,23-27,35H,1-2,7,10-11,14-20H2,3H3/t21-,24-,25+,26+,27?,31?/m1/s1. The van der Waals surface area contributed by atoms with Gasteiger partial charge in [-0.1, -0.05) is 49.6 Å². The van der Waals surface area contributed by atoms with Crippen LogP contribution in [0.2, 0.25) is 0 Å². The molecule has 39 heavy (non-hydrogen) atoms. The van der Waals surface area contributed by atoms with Crippen molar-refractivity contribution in [3.8, 4) is 0 Å². The van der Waals surface area contributed by atoms with E-state index >= 15 is 0 Å². The van der Waals surface area contributed by atoms with Crippen LogP contribution in [-0.4, -0.2) is 80.4 Å². The Labute approximate surface area is 236 Å². The van der Waals surface area contributed by atoms with Gasteiger partial charge in [0.25, 0.3) is 0 Å². The average molecular weight is 552 g/mol. The highest BCUT2D eigenvalue weighted by molar-refractivity contribution is 8.02. The highest BCUT2D eigenvalue weighted by Crippen LogP contribution is 2.67. The lowest BCUT2D eigenvalue weighted by atomic mass is 9.70. The van der Waals surface area contributed by atoms with Crippen LogP contribution in [-0.2, 0) is 14.4 Å². The molecule has 0 radical (unpaired) electrons. The third kappa shape index (κ3) is 4.63. The van der Waals surface area contributed by atoms with Crippen molar-refractivity contribution in [1.82, 2.24) is 9.80 Å². The minimum atomic E-state index is -0.698. The van der Waals surface area contributed by atoms with E-state index in [-0.39, 0.29) is 35.6 Å². The Morgan fingerprint density at radius 2 is 1.79 bits per heavy atom. The lowest BCUT2D eigenvalue weighted by molar-refractivity contribution is -0.146. The Morgan fingerprint density at radius 3 is 2.44 bits per heavy atom. The maximum Gasteiger partial charge on any atom is 0.247 e. The lowest BCUT2D eigenvalue weighted by Gasteiger charge is -2.42. The zero-order valence-corrected chi connectivity index (χ0v) is 23.7. The SMILES string of the molecule is C=CCN(C(=O)[C@@H]1[C@H]2C(=O)N([C@H](C)CO)C(C(=O)N(CC=C)C3CCCCC3)C23CC[C@H]1S3)c1ccccc1. The molecule has 3 saturated heterocycles. The number of rotatable bonds is 10. The largest absolute Gasteiger partial charge is 0.394 e. The molecular formula is C31H41N3O4S. The summed E-state index contributed by atoms with van der Waals surface area (Å²) < 4.78 is -0.673. The molecule has 1 aliphatic carbocycles. The van der Waals surface area contributed by atoms with Crippen LogP contribution in [0.4, 0.5) is 5.69 Å². The maximum absolute atomic E-state index is 14.6. The first kappa shape index (κ1) is 28.0. The van der Waals surface area contributed by atoms with E-state index < -0.39 is 28.7 Å². The van der Waals surface area contributed by atoms with Gasteiger partial charge in [0.15, 0.2) is 0 Å². The van der Waals surface area contributed by atoms with Gasteiger partial charge in [-0.3, -0.25) is 14.4 Å². The molecule has 2 unspecified atom stereocenters. The Bertz CT molecular complexity index is 1110. The molecule has 1 aromatic carbocycles. The second-order valence-corrected chi connectivity index (χ2v) is 13.1. The zero-order chi connectivity index (χ0) is 27.7. The van der Waals surface area contributed by atoms with E-state index in [4.69, 9.17) is 0 Å². The number of hydrogen-bond acceptors (Lipinski definition) is 5. The van der Waals surface area contributed by atoms with Crippen molar-refractivity contribution in [3.05, 3.63) is 55.6 Å². The molecule has 1 saturated carbocycles. The normalized spacial score (nSPS) is 30.6. The molecule has 3 amide bonds. The number of benzene rings is 1. The fourth-order valence-electron chi connectivity index (χ4n) is 7.56. The molecule has 1 spiro atoms. The van der Waals surface area contributed by atoms with Crippen molar-refractivity contribution in [3.63, 3.8) is 0 Å². The summed E-state index contributed by atoms with van der Waals surface area (Å²) in [4.78, 5) is 48.4. The summed E-state index contributed by atoms with van der Waals surface area (Å²) in [5, 5.41) is 10.2. The van der Waals surface area contributed by atoms with Crippen molar-refractivity contribution >= 4 is 35.2 Å². The molecule has 4 aliphatic rings. The van der Waals surface area contributed by atoms with Gasteiger partial charge in [0, 0.05) is 30.1 Å². The molecule has 1 aromatic rings. The fraction of sp³-hybridized carbons (Fsp3) is 0.581. The Morgan fingerprint density at radius 1 is 1.10 bits per heavy atom. The number of hydrogen-bond donors (Lipinski definition) is 1. The van der Waals surface area contributed by atoms with Gasteiger partial charge in [0.05, 0.1) is 29.2 Å². The van der Waals surface area contributed by atoms with E-state index in [0.29, 0.717) is 19.5 Å². The zero-order valence-electron chi connectivity index (χ0n) is 22.9. The van der Waals surface area contributed by atoms with Crippen LogP contribution < -0.4 is 4.90 Å². The minimum absolute atomic E-state index is 0.0214. The minimum Gasteiger partial charge on any atom is -0.394 e. The summed E-state index contributed by atoms with van der Waals surface area (Å²) in [6.07, 6.45) is 10.3. The molecule has 3 heterocycles. The van der Waals surface area contributed by atoms with Gasteiger partial charge in [-0.2, -0.15) is 0 Å². The predicted octanol–water partition coefficient (Wildman–Crippen LogP) is 4.02. The summed E-state index contributed by atoms with van der Waals surface area (Å²) >= 11 is 1.68. The highest BCUT2D eigenvalue weighted by Gasteiger charge is 2.74. The van der Waals surface area contributed by atoms with Crippen molar-refractivity contribution in [1.29, 1.82) is 0 Å². The molecule has 2 bridgehead atoms. The highest BCUT2D eigenvalue weighted by atomic mass is 32.2. The topological polar surface area (TPSA) is 81.2 Å². The van der Waals surface area contributed by atoms with Crippen LogP contribution >= 0.6 is 11.8 Å². The van der Waals surface area contributed by atoms with Crippen LogP contribution in [0.3, 0.4) is 0 Å². The van der Waals surface area contributed by atoms with Gasteiger partial charge >= 0.3 is 0 Å². The Hall–Kier alpha value is -2.58. The molecule has 210 valence electrons. The van der Waals surface area contributed by atoms with Crippen molar-refractivity contribution < 1.29 is 19.5 Å². The Balaban J connectivity index is 1.53. The number of carbonyl (C=O) groups is 3. The summed E-state index contributed by atoms with van der Waals surface area (Å²) in [6, 6.07) is 8.42. The quantitative estimate of drug-likeness (QED) is 0.444. The summed E-state index contributed by atoms with van der Waals surface area (Å²) in [7, 11) is 0. The van der Waals surface area contributed by atoms with E-state index in [9.17, 15) is 19.5 Å². The van der Waals surface area contributed by atoms with E-state index in [1.54, 1.807) is 40.6 Å². The first-order valence-electron chi connectivity index (χ1n) is 14.4. The molecule has 4 fully saturated rings. The number of aliphatic hydroxyl groups is 1. The van der Waals surface area contributed by atoms with E-state index in [1.165, 1.54) is 6.42 Å². The summed E-state index contributed by atoms with van der Waals surface area (Å²) in [5.41, 5.74) is 0.775. The van der Waals surface area contributed by atoms with Crippen LogP contribution in [0.15, 0.2) is 55.6 Å². The number of para-hydroxylation sites is 1. The molecule has 1 N–H and O–H groups in total. The molecule has 0 aromatic heterocycles.